The van der Waals surface area contributed by atoms with Crippen LogP contribution in [0.15, 0.2) is 89.3 Å². The number of aryl methyl sites for hydroxylation is 1. The lowest BCUT2D eigenvalue weighted by Crippen LogP contribution is -1.99. The molecule has 0 amide bonds. The molecule has 3 nitrogen and oxygen atoms in total. The van der Waals surface area contributed by atoms with Crippen LogP contribution in [0.25, 0.3) is 22.4 Å². The predicted octanol–water partition coefficient (Wildman–Crippen LogP) is 6.62. The third-order valence-corrected chi connectivity index (χ3v) is 5.33. The number of hydrazone groups is 1. The highest BCUT2D eigenvalue weighted by Gasteiger charge is 2.05. The van der Waals surface area contributed by atoms with Crippen LogP contribution < -0.4 is 5.43 Å². The molecule has 138 valence electrons. The molecule has 0 aliphatic rings. The fourth-order valence-electron chi connectivity index (χ4n) is 2.91. The van der Waals surface area contributed by atoms with Gasteiger partial charge in [-0.2, -0.15) is 5.10 Å². The van der Waals surface area contributed by atoms with Crippen LogP contribution in [0.1, 0.15) is 18.1 Å². The van der Waals surface area contributed by atoms with Gasteiger partial charge in [-0.25, -0.2) is 4.98 Å². The van der Waals surface area contributed by atoms with Gasteiger partial charge in [0, 0.05) is 10.9 Å². The minimum atomic E-state index is 0.788. The largest absolute Gasteiger partial charge is 0.252 e. The van der Waals surface area contributed by atoms with Crippen LogP contribution in [-0.2, 0) is 0 Å². The summed E-state index contributed by atoms with van der Waals surface area (Å²) in [6.07, 6.45) is 0. The second kappa shape index (κ2) is 8.19. The summed E-state index contributed by atoms with van der Waals surface area (Å²) in [5.74, 6) is 0. The zero-order valence-electron chi connectivity index (χ0n) is 15.9. The van der Waals surface area contributed by atoms with Crippen LogP contribution in [0.2, 0.25) is 0 Å². The Morgan fingerprint density at radius 3 is 2.18 bits per heavy atom. The predicted molar refractivity (Wildman–Crippen MR) is 120 cm³/mol. The van der Waals surface area contributed by atoms with E-state index in [1.54, 1.807) is 11.3 Å². The van der Waals surface area contributed by atoms with Crippen LogP contribution >= 0.6 is 11.3 Å². The topological polar surface area (TPSA) is 37.3 Å². The molecule has 0 radical (unpaired) electrons. The molecule has 0 saturated carbocycles. The van der Waals surface area contributed by atoms with Crippen molar-refractivity contribution in [3.8, 4) is 22.4 Å². The Balaban J connectivity index is 1.45. The van der Waals surface area contributed by atoms with E-state index in [4.69, 9.17) is 0 Å². The number of nitrogens with zero attached hydrogens (tertiary/aromatic N) is 2. The smallest absolute Gasteiger partial charge is 0.203 e. The zero-order chi connectivity index (χ0) is 19.3. The lowest BCUT2D eigenvalue weighted by Gasteiger charge is -2.05. The molecule has 0 bridgehead atoms. The Morgan fingerprint density at radius 2 is 1.46 bits per heavy atom. The summed E-state index contributed by atoms with van der Waals surface area (Å²) in [5, 5.41) is 7.34. The summed E-state index contributed by atoms with van der Waals surface area (Å²) in [4.78, 5) is 4.63. The van der Waals surface area contributed by atoms with E-state index < -0.39 is 0 Å². The quantitative estimate of drug-likeness (QED) is 0.310. The van der Waals surface area contributed by atoms with Gasteiger partial charge in [0.1, 0.15) is 0 Å². The van der Waals surface area contributed by atoms with E-state index in [0.29, 0.717) is 0 Å². The van der Waals surface area contributed by atoms with Gasteiger partial charge in [0.25, 0.3) is 0 Å². The molecular formula is C24H21N3S. The van der Waals surface area contributed by atoms with Crippen molar-refractivity contribution in [1.82, 2.24) is 4.98 Å². The summed E-state index contributed by atoms with van der Waals surface area (Å²) in [6.45, 7) is 4.08. The van der Waals surface area contributed by atoms with Crippen LogP contribution in [-0.4, -0.2) is 10.7 Å². The third kappa shape index (κ3) is 4.18. The Labute approximate surface area is 169 Å². The second-order valence-corrected chi connectivity index (χ2v) is 7.51. The number of hydrogen-bond donors (Lipinski definition) is 1. The van der Waals surface area contributed by atoms with Gasteiger partial charge in [-0.1, -0.05) is 84.4 Å². The highest BCUT2D eigenvalue weighted by Crippen LogP contribution is 2.25. The Hall–Kier alpha value is -3.24. The molecule has 1 heterocycles. The Bertz CT molecular complexity index is 1080. The zero-order valence-corrected chi connectivity index (χ0v) is 16.7. The maximum Gasteiger partial charge on any atom is 0.203 e. The molecule has 0 aliphatic heterocycles. The van der Waals surface area contributed by atoms with Gasteiger partial charge in [0.15, 0.2) is 0 Å². The van der Waals surface area contributed by atoms with Crippen molar-refractivity contribution < 1.29 is 0 Å². The molecule has 0 unspecified atom stereocenters. The van der Waals surface area contributed by atoms with Crippen LogP contribution in [0, 0.1) is 6.92 Å². The van der Waals surface area contributed by atoms with Crippen molar-refractivity contribution in [2.24, 2.45) is 5.10 Å². The third-order valence-electron chi connectivity index (χ3n) is 4.58. The molecule has 0 saturated heterocycles. The van der Waals surface area contributed by atoms with Gasteiger partial charge in [-0.15, -0.1) is 11.3 Å². The first kappa shape index (κ1) is 18.1. The van der Waals surface area contributed by atoms with Crippen molar-refractivity contribution in [2.75, 3.05) is 5.43 Å². The average molecular weight is 384 g/mol. The molecular weight excluding hydrogens is 362 g/mol. The molecule has 0 spiro atoms. The number of hydrogen-bond acceptors (Lipinski definition) is 4. The molecule has 1 aromatic heterocycles. The van der Waals surface area contributed by atoms with Crippen LogP contribution in [0.3, 0.4) is 0 Å². The normalized spacial score (nSPS) is 11.4. The number of nitrogens with one attached hydrogen (secondary N) is 1. The fraction of sp³-hybridized carbons (Fsp3) is 0.0833. The molecule has 4 aromatic rings. The summed E-state index contributed by atoms with van der Waals surface area (Å²) in [5.41, 5.74) is 10.8. The number of aromatic nitrogens is 1. The molecule has 28 heavy (non-hydrogen) atoms. The summed E-state index contributed by atoms with van der Waals surface area (Å²) >= 11 is 1.56. The van der Waals surface area contributed by atoms with Gasteiger partial charge in [0.05, 0.1) is 11.4 Å². The first-order chi connectivity index (χ1) is 13.7. The van der Waals surface area contributed by atoms with Gasteiger partial charge in [-0.05, 0) is 30.5 Å². The molecule has 0 atom stereocenters. The Morgan fingerprint density at radius 1 is 0.821 bits per heavy atom. The van der Waals surface area contributed by atoms with Gasteiger partial charge >= 0.3 is 0 Å². The lowest BCUT2D eigenvalue weighted by molar-refractivity contribution is 1.27. The van der Waals surface area contributed by atoms with Crippen molar-refractivity contribution in [3.63, 3.8) is 0 Å². The van der Waals surface area contributed by atoms with E-state index in [9.17, 15) is 0 Å². The highest BCUT2D eigenvalue weighted by molar-refractivity contribution is 7.14. The van der Waals surface area contributed by atoms with Crippen molar-refractivity contribution in [1.29, 1.82) is 0 Å². The van der Waals surface area contributed by atoms with E-state index >= 15 is 0 Å². The summed E-state index contributed by atoms with van der Waals surface area (Å²) in [6, 6.07) is 27.2. The second-order valence-electron chi connectivity index (χ2n) is 6.66. The molecule has 1 N–H and O–H groups in total. The van der Waals surface area contributed by atoms with Gasteiger partial charge in [-0.3, -0.25) is 5.43 Å². The maximum absolute atomic E-state index is 4.63. The minimum absolute atomic E-state index is 0.788. The fourth-order valence-corrected chi connectivity index (χ4v) is 3.57. The number of rotatable bonds is 5. The number of anilines is 1. The van der Waals surface area contributed by atoms with Crippen molar-refractivity contribution in [2.45, 2.75) is 13.8 Å². The van der Waals surface area contributed by atoms with Gasteiger partial charge in [0.2, 0.25) is 5.13 Å². The first-order valence-electron chi connectivity index (χ1n) is 9.18. The van der Waals surface area contributed by atoms with Crippen molar-refractivity contribution in [3.05, 3.63) is 95.4 Å². The van der Waals surface area contributed by atoms with E-state index in [1.807, 2.05) is 18.4 Å². The van der Waals surface area contributed by atoms with Crippen LogP contribution in [0.5, 0.6) is 0 Å². The molecule has 0 aliphatic carbocycles. The number of benzene rings is 3. The monoisotopic (exact) mass is 383 g/mol. The summed E-state index contributed by atoms with van der Waals surface area (Å²) in [7, 11) is 0. The van der Waals surface area contributed by atoms with E-state index in [0.717, 1.165) is 27.7 Å². The molecule has 4 rings (SSSR count). The minimum Gasteiger partial charge on any atom is -0.252 e. The van der Waals surface area contributed by atoms with E-state index in [1.165, 1.54) is 16.7 Å². The Kier molecular flexibility index (Phi) is 5.31. The summed E-state index contributed by atoms with van der Waals surface area (Å²) < 4.78 is 0. The van der Waals surface area contributed by atoms with Crippen LogP contribution in [0.4, 0.5) is 5.13 Å². The van der Waals surface area contributed by atoms with Gasteiger partial charge < -0.3 is 0 Å². The van der Waals surface area contributed by atoms with E-state index in [-0.39, 0.29) is 0 Å². The van der Waals surface area contributed by atoms with E-state index in [2.05, 4.69) is 95.2 Å². The van der Waals surface area contributed by atoms with Crippen molar-refractivity contribution >= 4 is 22.2 Å². The maximum atomic E-state index is 4.63. The first-order valence-corrected chi connectivity index (χ1v) is 10.1. The highest BCUT2D eigenvalue weighted by atomic mass is 32.1. The SMILES string of the molecule is C/C(=N/Nc1nc(-c2ccc(C)cc2)cs1)c1ccc(-c2ccccc2)cc1. The number of thiazole rings is 1. The average Bonchev–Trinajstić information content (AvgIpc) is 3.22. The standard InChI is InChI=1S/C24H21N3S/c1-17-8-10-22(11-9-17)23-16-28-24(25-23)27-26-18(2)19-12-14-21(15-13-19)20-6-4-3-5-7-20/h3-16H,1-2H3,(H,25,27)/b26-18-. The molecule has 3 aromatic carbocycles. The lowest BCUT2D eigenvalue weighted by atomic mass is 10.0. The molecule has 0 fully saturated rings. The molecule has 4 heteroatoms.